The molecule has 1 aliphatic rings. The van der Waals surface area contributed by atoms with Crippen molar-refractivity contribution in [3.05, 3.63) is 28.2 Å². The molecular formula is C15H21Cl2NO2. The van der Waals surface area contributed by atoms with E-state index in [9.17, 15) is 5.11 Å². The summed E-state index contributed by atoms with van der Waals surface area (Å²) >= 11 is 11.8. The third-order valence-electron chi connectivity index (χ3n) is 3.66. The minimum absolute atomic E-state index is 0.220. The summed E-state index contributed by atoms with van der Waals surface area (Å²) in [6, 6.07) is 5.05. The molecule has 2 N–H and O–H groups in total. The summed E-state index contributed by atoms with van der Waals surface area (Å²) in [5.41, 5.74) is 0. The summed E-state index contributed by atoms with van der Waals surface area (Å²) in [6.45, 7) is 1.72. The largest absolute Gasteiger partial charge is 0.489 e. The van der Waals surface area contributed by atoms with Gasteiger partial charge in [0, 0.05) is 11.6 Å². The number of halogens is 2. The Balaban J connectivity index is 1.60. The van der Waals surface area contributed by atoms with Gasteiger partial charge in [-0.3, -0.25) is 0 Å². The van der Waals surface area contributed by atoms with Crippen LogP contribution in [0.25, 0.3) is 0 Å². The maximum absolute atomic E-state index is 9.84. The Hall–Kier alpha value is -0.480. The molecule has 3 nitrogen and oxygen atoms in total. The number of aliphatic hydroxyl groups is 1. The SMILES string of the molecule is OC(CNCCC1CCC1)COc1ccc(Cl)cc1Cl. The van der Waals surface area contributed by atoms with Crippen molar-refractivity contribution in [2.24, 2.45) is 5.92 Å². The van der Waals surface area contributed by atoms with Crippen molar-refractivity contribution in [3.8, 4) is 5.75 Å². The van der Waals surface area contributed by atoms with E-state index >= 15 is 0 Å². The van der Waals surface area contributed by atoms with Crippen molar-refractivity contribution >= 4 is 23.2 Å². The molecule has 5 heteroatoms. The summed E-state index contributed by atoms with van der Waals surface area (Å²) in [6.07, 6.45) is 4.77. The van der Waals surface area contributed by atoms with Crippen LogP contribution in [0.3, 0.4) is 0 Å². The van der Waals surface area contributed by atoms with E-state index in [4.69, 9.17) is 27.9 Å². The van der Waals surface area contributed by atoms with E-state index < -0.39 is 6.10 Å². The number of nitrogens with one attached hydrogen (secondary N) is 1. The highest BCUT2D eigenvalue weighted by Gasteiger charge is 2.16. The minimum Gasteiger partial charge on any atom is -0.489 e. The van der Waals surface area contributed by atoms with Crippen molar-refractivity contribution in [1.82, 2.24) is 5.32 Å². The quantitative estimate of drug-likeness (QED) is 0.721. The molecule has 0 heterocycles. The van der Waals surface area contributed by atoms with E-state index in [-0.39, 0.29) is 6.61 Å². The second-order valence-corrected chi connectivity index (χ2v) is 6.17. The van der Waals surface area contributed by atoms with Crippen LogP contribution in [0.5, 0.6) is 5.75 Å². The predicted molar refractivity (Wildman–Crippen MR) is 82.8 cm³/mol. The van der Waals surface area contributed by atoms with Crippen LogP contribution in [0, 0.1) is 5.92 Å². The van der Waals surface area contributed by atoms with Crippen molar-refractivity contribution in [2.45, 2.75) is 31.8 Å². The molecule has 0 radical (unpaired) electrons. The summed E-state index contributed by atoms with van der Waals surface area (Å²) in [5, 5.41) is 14.1. The Labute approximate surface area is 130 Å². The first-order valence-electron chi connectivity index (χ1n) is 7.12. The van der Waals surface area contributed by atoms with Crippen molar-refractivity contribution in [2.75, 3.05) is 19.7 Å². The van der Waals surface area contributed by atoms with E-state index in [0.717, 1.165) is 12.5 Å². The minimum atomic E-state index is -0.539. The highest BCUT2D eigenvalue weighted by molar-refractivity contribution is 6.35. The lowest BCUT2D eigenvalue weighted by atomic mass is 9.83. The zero-order valence-corrected chi connectivity index (χ0v) is 13.0. The van der Waals surface area contributed by atoms with Gasteiger partial charge in [-0.1, -0.05) is 42.5 Å². The zero-order chi connectivity index (χ0) is 14.4. The monoisotopic (exact) mass is 317 g/mol. The Kier molecular flexibility index (Phi) is 6.43. The maximum Gasteiger partial charge on any atom is 0.138 e. The third-order valence-corrected chi connectivity index (χ3v) is 4.19. The lowest BCUT2D eigenvalue weighted by Crippen LogP contribution is -2.33. The fourth-order valence-corrected chi connectivity index (χ4v) is 2.66. The van der Waals surface area contributed by atoms with Crippen LogP contribution in [0.15, 0.2) is 18.2 Å². The number of hydrogen-bond acceptors (Lipinski definition) is 3. The molecule has 20 heavy (non-hydrogen) atoms. The van der Waals surface area contributed by atoms with Gasteiger partial charge < -0.3 is 15.2 Å². The van der Waals surface area contributed by atoms with Crippen LogP contribution in [0.4, 0.5) is 0 Å². The van der Waals surface area contributed by atoms with Crippen LogP contribution in [0.1, 0.15) is 25.7 Å². The Morgan fingerprint density at radius 1 is 1.35 bits per heavy atom. The van der Waals surface area contributed by atoms with E-state index in [1.807, 2.05) is 0 Å². The van der Waals surface area contributed by atoms with Crippen LogP contribution >= 0.6 is 23.2 Å². The summed E-state index contributed by atoms with van der Waals surface area (Å²) in [4.78, 5) is 0. The maximum atomic E-state index is 9.84. The first kappa shape index (κ1) is 15.9. The molecule has 112 valence electrons. The van der Waals surface area contributed by atoms with Gasteiger partial charge in [-0.15, -0.1) is 0 Å². The highest BCUT2D eigenvalue weighted by atomic mass is 35.5. The van der Waals surface area contributed by atoms with E-state index in [1.54, 1.807) is 18.2 Å². The molecule has 1 aromatic carbocycles. The van der Waals surface area contributed by atoms with Crippen LogP contribution in [-0.2, 0) is 0 Å². The van der Waals surface area contributed by atoms with Gasteiger partial charge in [0.05, 0.1) is 5.02 Å². The van der Waals surface area contributed by atoms with Gasteiger partial charge in [-0.25, -0.2) is 0 Å². The molecule has 1 saturated carbocycles. The van der Waals surface area contributed by atoms with E-state index in [0.29, 0.717) is 22.3 Å². The Morgan fingerprint density at radius 3 is 2.80 bits per heavy atom. The number of aliphatic hydroxyl groups excluding tert-OH is 1. The number of ether oxygens (including phenoxy) is 1. The third kappa shape index (κ3) is 5.13. The lowest BCUT2D eigenvalue weighted by molar-refractivity contribution is 0.106. The van der Waals surface area contributed by atoms with Crippen LogP contribution in [-0.4, -0.2) is 30.9 Å². The fraction of sp³-hybridized carbons (Fsp3) is 0.600. The van der Waals surface area contributed by atoms with Gasteiger partial charge >= 0.3 is 0 Å². The number of hydrogen-bond donors (Lipinski definition) is 2. The second-order valence-electron chi connectivity index (χ2n) is 5.33. The van der Waals surface area contributed by atoms with Crippen molar-refractivity contribution < 1.29 is 9.84 Å². The molecule has 0 spiro atoms. The number of rotatable bonds is 8. The fourth-order valence-electron chi connectivity index (χ4n) is 2.19. The molecule has 1 aliphatic carbocycles. The average molecular weight is 318 g/mol. The molecule has 1 fully saturated rings. The molecule has 1 unspecified atom stereocenters. The van der Waals surface area contributed by atoms with Crippen molar-refractivity contribution in [3.63, 3.8) is 0 Å². The van der Waals surface area contributed by atoms with Gasteiger partial charge in [-0.2, -0.15) is 0 Å². The van der Waals surface area contributed by atoms with Gasteiger partial charge in [-0.05, 0) is 37.1 Å². The topological polar surface area (TPSA) is 41.5 Å². The lowest BCUT2D eigenvalue weighted by Gasteiger charge is -2.25. The predicted octanol–water partition coefficient (Wildman–Crippen LogP) is 3.51. The van der Waals surface area contributed by atoms with Gasteiger partial charge in [0.1, 0.15) is 18.5 Å². The number of benzene rings is 1. The summed E-state index contributed by atoms with van der Waals surface area (Å²) in [5.74, 6) is 1.44. The summed E-state index contributed by atoms with van der Waals surface area (Å²) in [7, 11) is 0. The van der Waals surface area contributed by atoms with Crippen LogP contribution in [0.2, 0.25) is 10.0 Å². The van der Waals surface area contributed by atoms with Crippen molar-refractivity contribution in [1.29, 1.82) is 0 Å². The molecule has 0 aliphatic heterocycles. The zero-order valence-electron chi connectivity index (χ0n) is 11.4. The summed E-state index contributed by atoms with van der Waals surface area (Å²) < 4.78 is 5.48. The van der Waals surface area contributed by atoms with Crippen LogP contribution < -0.4 is 10.1 Å². The molecular weight excluding hydrogens is 297 g/mol. The molecule has 0 amide bonds. The van der Waals surface area contributed by atoms with Gasteiger partial charge in [0.25, 0.3) is 0 Å². The molecule has 1 atom stereocenters. The molecule has 0 saturated heterocycles. The Bertz CT molecular complexity index is 424. The van der Waals surface area contributed by atoms with E-state index in [1.165, 1.54) is 25.7 Å². The first-order chi connectivity index (χ1) is 9.65. The standard InChI is InChI=1S/C15H21Cl2NO2/c16-12-4-5-15(14(17)8-12)20-10-13(19)9-18-7-6-11-2-1-3-11/h4-5,8,11,13,18-19H,1-3,6-7,9-10H2. The molecule has 0 bridgehead atoms. The van der Waals surface area contributed by atoms with Gasteiger partial charge in [0.15, 0.2) is 0 Å². The second kappa shape index (κ2) is 8.08. The molecule has 0 aromatic heterocycles. The van der Waals surface area contributed by atoms with E-state index in [2.05, 4.69) is 5.32 Å². The molecule has 1 aromatic rings. The first-order valence-corrected chi connectivity index (χ1v) is 7.87. The molecule has 2 rings (SSSR count). The average Bonchev–Trinajstić information content (AvgIpc) is 2.35. The smallest absolute Gasteiger partial charge is 0.138 e. The normalized spacial score (nSPS) is 16.8. The Morgan fingerprint density at radius 2 is 2.15 bits per heavy atom. The van der Waals surface area contributed by atoms with Gasteiger partial charge in [0.2, 0.25) is 0 Å². The highest BCUT2D eigenvalue weighted by Crippen LogP contribution is 2.29.